The van der Waals surface area contributed by atoms with Crippen LogP contribution in [0.5, 0.6) is 5.75 Å². The number of hydrogen-bond acceptors (Lipinski definition) is 4. The summed E-state index contributed by atoms with van der Waals surface area (Å²) in [6.07, 6.45) is 1.70. The maximum Gasteiger partial charge on any atom is 0.141 e. The van der Waals surface area contributed by atoms with Crippen LogP contribution in [0.2, 0.25) is 5.02 Å². The topological polar surface area (TPSA) is 48.1 Å². The summed E-state index contributed by atoms with van der Waals surface area (Å²) in [6, 6.07) is 5.91. The lowest BCUT2D eigenvalue weighted by molar-refractivity contribution is 0.301. The fourth-order valence-electron chi connectivity index (χ4n) is 1.91. The third-order valence-corrected chi connectivity index (χ3v) is 4.30. The van der Waals surface area contributed by atoms with Gasteiger partial charge in [0.1, 0.15) is 17.4 Å². The average molecular weight is 311 g/mol. The van der Waals surface area contributed by atoms with E-state index in [4.69, 9.17) is 22.1 Å². The minimum Gasteiger partial charge on any atom is -0.485 e. The summed E-state index contributed by atoms with van der Waals surface area (Å²) in [5.74, 6) is 0.728. The number of nitrogens with two attached hydrogens (primary N) is 1. The van der Waals surface area contributed by atoms with Crippen molar-refractivity contribution in [3.05, 3.63) is 44.9 Å². The number of aromatic nitrogens is 1. The first-order chi connectivity index (χ1) is 9.60. The molecule has 1 atom stereocenters. The molecule has 108 valence electrons. The van der Waals surface area contributed by atoms with Crippen LogP contribution in [0.15, 0.2) is 23.6 Å². The van der Waals surface area contributed by atoms with Gasteiger partial charge in [0.25, 0.3) is 0 Å². The number of ether oxygens (including phenoxy) is 1. The molecule has 0 aliphatic heterocycles. The zero-order valence-electron chi connectivity index (χ0n) is 11.7. The largest absolute Gasteiger partial charge is 0.485 e. The lowest BCUT2D eigenvalue weighted by atomic mass is 10.0. The van der Waals surface area contributed by atoms with Gasteiger partial charge in [-0.2, -0.15) is 0 Å². The number of thiazole rings is 1. The van der Waals surface area contributed by atoms with Gasteiger partial charge in [0.15, 0.2) is 0 Å². The molecule has 0 spiro atoms. The molecular formula is C15H19ClN2OS. The standard InChI is InChI=1S/C15H19ClN2OS/c1-3-12(17)7-11-5-4-6-13(16)15(11)19-8-14-18-10(2)9-20-14/h4-6,9,12H,3,7-8,17H2,1-2H3. The lowest BCUT2D eigenvalue weighted by Crippen LogP contribution is -2.21. The van der Waals surface area contributed by atoms with Crippen LogP contribution < -0.4 is 10.5 Å². The first-order valence-corrected chi connectivity index (χ1v) is 7.92. The quantitative estimate of drug-likeness (QED) is 0.878. The van der Waals surface area contributed by atoms with Crippen LogP contribution in [0.25, 0.3) is 0 Å². The highest BCUT2D eigenvalue weighted by Crippen LogP contribution is 2.30. The smallest absolute Gasteiger partial charge is 0.141 e. The summed E-state index contributed by atoms with van der Waals surface area (Å²) in [5.41, 5.74) is 8.10. The molecule has 0 bridgehead atoms. The monoisotopic (exact) mass is 310 g/mol. The molecule has 0 amide bonds. The van der Waals surface area contributed by atoms with Crippen LogP contribution in [-0.2, 0) is 13.0 Å². The van der Waals surface area contributed by atoms with Crippen LogP contribution in [0, 0.1) is 6.92 Å². The minimum atomic E-state index is 0.123. The Hall–Kier alpha value is -1.10. The average Bonchev–Trinajstić information content (AvgIpc) is 2.83. The maximum absolute atomic E-state index is 6.24. The third kappa shape index (κ3) is 3.95. The molecule has 0 saturated carbocycles. The van der Waals surface area contributed by atoms with E-state index in [0.717, 1.165) is 34.9 Å². The van der Waals surface area contributed by atoms with E-state index in [0.29, 0.717) is 11.6 Å². The van der Waals surface area contributed by atoms with Gasteiger partial charge in [-0.1, -0.05) is 30.7 Å². The van der Waals surface area contributed by atoms with E-state index >= 15 is 0 Å². The molecule has 0 aliphatic carbocycles. The number of hydrogen-bond donors (Lipinski definition) is 1. The van der Waals surface area contributed by atoms with Gasteiger partial charge in [-0.15, -0.1) is 11.3 Å². The van der Waals surface area contributed by atoms with E-state index in [1.54, 1.807) is 11.3 Å². The molecule has 20 heavy (non-hydrogen) atoms. The van der Waals surface area contributed by atoms with E-state index in [-0.39, 0.29) is 6.04 Å². The van der Waals surface area contributed by atoms with Gasteiger partial charge in [0.05, 0.1) is 5.02 Å². The van der Waals surface area contributed by atoms with Gasteiger partial charge in [0, 0.05) is 17.1 Å². The van der Waals surface area contributed by atoms with Gasteiger partial charge in [-0.3, -0.25) is 0 Å². The molecule has 3 nitrogen and oxygen atoms in total. The van der Waals surface area contributed by atoms with E-state index in [1.165, 1.54) is 0 Å². The first-order valence-electron chi connectivity index (χ1n) is 6.67. The van der Waals surface area contributed by atoms with E-state index in [1.807, 2.05) is 30.5 Å². The van der Waals surface area contributed by atoms with Crippen molar-refractivity contribution in [1.29, 1.82) is 0 Å². The Kier molecular flexibility index (Phi) is 5.40. The fourth-order valence-corrected chi connectivity index (χ4v) is 2.84. The van der Waals surface area contributed by atoms with E-state index < -0.39 is 0 Å². The van der Waals surface area contributed by atoms with E-state index in [2.05, 4.69) is 11.9 Å². The fraction of sp³-hybridized carbons (Fsp3) is 0.400. The molecule has 0 saturated heterocycles. The van der Waals surface area contributed by atoms with Gasteiger partial charge >= 0.3 is 0 Å². The van der Waals surface area contributed by atoms with Crippen molar-refractivity contribution in [3.8, 4) is 5.75 Å². The summed E-state index contributed by atoms with van der Waals surface area (Å²) >= 11 is 7.84. The summed E-state index contributed by atoms with van der Waals surface area (Å²) in [4.78, 5) is 4.39. The zero-order valence-corrected chi connectivity index (χ0v) is 13.3. The highest BCUT2D eigenvalue weighted by Gasteiger charge is 2.12. The molecule has 1 aromatic heterocycles. The predicted molar refractivity (Wildman–Crippen MR) is 84.6 cm³/mol. The minimum absolute atomic E-state index is 0.123. The summed E-state index contributed by atoms with van der Waals surface area (Å²) in [7, 11) is 0. The molecule has 1 unspecified atom stereocenters. The molecule has 0 aliphatic rings. The summed E-state index contributed by atoms with van der Waals surface area (Å²) in [6.45, 7) is 4.49. The number of aryl methyl sites for hydroxylation is 1. The molecule has 0 radical (unpaired) electrons. The van der Waals surface area contributed by atoms with Crippen LogP contribution in [0.1, 0.15) is 29.6 Å². The third-order valence-electron chi connectivity index (χ3n) is 3.06. The van der Waals surface area contributed by atoms with Gasteiger partial charge < -0.3 is 10.5 Å². The highest BCUT2D eigenvalue weighted by atomic mass is 35.5. The molecule has 5 heteroatoms. The molecule has 2 rings (SSSR count). The summed E-state index contributed by atoms with van der Waals surface area (Å²) < 4.78 is 5.87. The van der Waals surface area contributed by atoms with Gasteiger partial charge in [-0.25, -0.2) is 4.98 Å². The van der Waals surface area contributed by atoms with Crippen molar-refractivity contribution in [2.75, 3.05) is 0 Å². The Balaban J connectivity index is 2.12. The molecule has 2 aromatic rings. The molecular weight excluding hydrogens is 292 g/mol. The predicted octanol–water partition coefficient (Wildman–Crippen LogP) is 3.96. The second kappa shape index (κ2) is 7.07. The molecule has 2 N–H and O–H groups in total. The maximum atomic E-state index is 6.24. The number of rotatable bonds is 6. The van der Waals surface area contributed by atoms with Crippen molar-refractivity contribution in [1.82, 2.24) is 4.98 Å². The van der Waals surface area contributed by atoms with Crippen LogP contribution in [0.3, 0.4) is 0 Å². The first kappa shape index (κ1) is 15.3. The van der Waals surface area contributed by atoms with Gasteiger partial charge in [0.2, 0.25) is 0 Å². The Bertz CT molecular complexity index is 571. The Morgan fingerprint density at radius 3 is 2.90 bits per heavy atom. The highest BCUT2D eigenvalue weighted by molar-refractivity contribution is 7.09. The van der Waals surface area contributed by atoms with Crippen molar-refractivity contribution in [2.45, 2.75) is 39.3 Å². The van der Waals surface area contributed by atoms with Crippen LogP contribution >= 0.6 is 22.9 Å². The number of halogens is 1. The molecule has 1 heterocycles. The van der Waals surface area contributed by atoms with E-state index in [9.17, 15) is 0 Å². The normalized spacial score (nSPS) is 12.4. The Morgan fingerprint density at radius 2 is 2.25 bits per heavy atom. The van der Waals surface area contributed by atoms with Gasteiger partial charge in [-0.05, 0) is 31.4 Å². The second-order valence-corrected chi connectivity index (χ2v) is 6.12. The van der Waals surface area contributed by atoms with Crippen LogP contribution in [-0.4, -0.2) is 11.0 Å². The molecule has 1 aromatic carbocycles. The van der Waals surface area contributed by atoms with Crippen molar-refractivity contribution in [3.63, 3.8) is 0 Å². The van der Waals surface area contributed by atoms with Crippen LogP contribution in [0.4, 0.5) is 0 Å². The Labute approximate surface area is 128 Å². The van der Waals surface area contributed by atoms with Crippen molar-refractivity contribution < 1.29 is 4.74 Å². The number of para-hydroxylation sites is 1. The number of nitrogens with zero attached hydrogens (tertiary/aromatic N) is 1. The summed E-state index contributed by atoms with van der Waals surface area (Å²) in [5, 5.41) is 3.59. The Morgan fingerprint density at radius 1 is 1.45 bits per heavy atom. The SMILES string of the molecule is CCC(N)Cc1cccc(Cl)c1OCc1nc(C)cs1. The lowest BCUT2D eigenvalue weighted by Gasteiger charge is -2.15. The van der Waals surface area contributed by atoms with Crippen molar-refractivity contribution in [2.24, 2.45) is 5.73 Å². The number of benzene rings is 1. The van der Waals surface area contributed by atoms with Crippen molar-refractivity contribution >= 4 is 22.9 Å². The zero-order chi connectivity index (χ0) is 14.5. The second-order valence-electron chi connectivity index (χ2n) is 4.77. The molecule has 0 fully saturated rings.